The summed E-state index contributed by atoms with van der Waals surface area (Å²) in [6.07, 6.45) is 0.912. The molecule has 4 nitrogen and oxygen atoms in total. The minimum Gasteiger partial charge on any atom is -0.497 e. The molecule has 0 saturated carbocycles. The molecule has 0 bridgehead atoms. The lowest BCUT2D eigenvalue weighted by atomic mass is 10.0. The maximum absolute atomic E-state index is 11.1. The molecule has 1 fully saturated rings. The lowest BCUT2D eigenvalue weighted by Gasteiger charge is -2.35. The van der Waals surface area contributed by atoms with Crippen LogP contribution in [0.2, 0.25) is 0 Å². The molecule has 1 aromatic rings. The number of ether oxygens (including phenoxy) is 2. The molecular weight excluding hydrogens is 294 g/mol. The van der Waals surface area contributed by atoms with E-state index < -0.39 is 5.72 Å². The van der Waals surface area contributed by atoms with E-state index in [1.54, 1.807) is 14.2 Å². The molecule has 1 aliphatic heterocycles. The number of aliphatic hydroxyl groups is 1. The predicted molar refractivity (Wildman–Crippen MR) is 85.5 cm³/mol. The highest BCUT2D eigenvalue weighted by Crippen LogP contribution is 2.43. The fourth-order valence-electron chi connectivity index (χ4n) is 2.32. The average molecular weight is 313 g/mol. The van der Waals surface area contributed by atoms with Crippen LogP contribution in [0.1, 0.15) is 18.9 Å². The van der Waals surface area contributed by atoms with Gasteiger partial charge in [-0.05, 0) is 24.6 Å². The Morgan fingerprint density at radius 1 is 1.40 bits per heavy atom. The number of thioether (sulfide) groups is 1. The van der Waals surface area contributed by atoms with Gasteiger partial charge in [0.2, 0.25) is 0 Å². The molecule has 0 spiro atoms. The normalized spacial score (nSPS) is 22.2. The molecular formula is C14H19NO3S2. The van der Waals surface area contributed by atoms with Crippen LogP contribution in [0.25, 0.3) is 0 Å². The van der Waals surface area contributed by atoms with E-state index in [0.29, 0.717) is 29.4 Å². The van der Waals surface area contributed by atoms with Crippen LogP contribution >= 0.6 is 24.0 Å². The average Bonchev–Trinajstić information content (AvgIpc) is 2.76. The Bertz CT molecular complexity index is 509. The van der Waals surface area contributed by atoms with Crippen molar-refractivity contribution in [3.63, 3.8) is 0 Å². The fourth-order valence-corrected chi connectivity index (χ4v) is 3.77. The van der Waals surface area contributed by atoms with Gasteiger partial charge in [0.05, 0.1) is 25.5 Å². The monoisotopic (exact) mass is 313 g/mol. The number of hydrogen-bond acceptors (Lipinski definition) is 5. The van der Waals surface area contributed by atoms with Gasteiger partial charge in [-0.15, -0.1) is 0 Å². The van der Waals surface area contributed by atoms with E-state index in [0.717, 1.165) is 10.7 Å². The third-order valence-electron chi connectivity index (χ3n) is 3.35. The summed E-state index contributed by atoms with van der Waals surface area (Å²) < 4.78 is 11.4. The summed E-state index contributed by atoms with van der Waals surface area (Å²) in [6.45, 7) is 2.78. The molecule has 0 amide bonds. The van der Waals surface area contributed by atoms with E-state index in [1.807, 2.05) is 23.1 Å². The summed E-state index contributed by atoms with van der Waals surface area (Å²) >= 11 is 6.84. The molecule has 1 atom stereocenters. The van der Waals surface area contributed by atoms with Crippen molar-refractivity contribution in [3.05, 3.63) is 23.8 Å². The molecule has 0 radical (unpaired) electrons. The van der Waals surface area contributed by atoms with E-state index in [4.69, 9.17) is 21.7 Å². The van der Waals surface area contributed by atoms with Crippen molar-refractivity contribution in [2.24, 2.45) is 0 Å². The Morgan fingerprint density at radius 3 is 2.75 bits per heavy atom. The summed E-state index contributed by atoms with van der Waals surface area (Å²) in [4.78, 5) is 1.87. The smallest absolute Gasteiger partial charge is 0.178 e. The highest BCUT2D eigenvalue weighted by atomic mass is 32.2. The number of rotatable bonds is 5. The topological polar surface area (TPSA) is 41.9 Å². The van der Waals surface area contributed by atoms with E-state index >= 15 is 0 Å². The molecule has 110 valence electrons. The number of thiocarbonyl (C=S) groups is 1. The summed E-state index contributed by atoms with van der Waals surface area (Å²) in [5.41, 5.74) is -0.447. The van der Waals surface area contributed by atoms with Crippen LogP contribution in [0.5, 0.6) is 11.5 Å². The molecule has 1 heterocycles. The molecule has 1 aromatic carbocycles. The molecule has 1 saturated heterocycles. The first-order valence-corrected chi connectivity index (χ1v) is 7.85. The van der Waals surface area contributed by atoms with Crippen molar-refractivity contribution in [2.45, 2.75) is 19.1 Å². The van der Waals surface area contributed by atoms with Gasteiger partial charge in [-0.3, -0.25) is 0 Å². The minimum absolute atomic E-state index is 0.495. The summed E-state index contributed by atoms with van der Waals surface area (Å²) in [6, 6.07) is 5.44. The third-order valence-corrected chi connectivity index (χ3v) is 4.94. The summed E-state index contributed by atoms with van der Waals surface area (Å²) in [5, 5.41) is 11.1. The zero-order valence-electron chi connectivity index (χ0n) is 11.9. The van der Waals surface area contributed by atoms with Gasteiger partial charge in [-0.2, -0.15) is 0 Å². The van der Waals surface area contributed by atoms with Crippen LogP contribution in [0.3, 0.4) is 0 Å². The van der Waals surface area contributed by atoms with Gasteiger partial charge >= 0.3 is 0 Å². The van der Waals surface area contributed by atoms with Gasteiger partial charge in [0, 0.05) is 6.54 Å². The first-order valence-electron chi connectivity index (χ1n) is 6.46. The second-order valence-corrected chi connectivity index (χ2v) is 6.20. The number of methoxy groups -OCH3 is 2. The summed E-state index contributed by atoms with van der Waals surface area (Å²) in [5.74, 6) is 1.82. The summed E-state index contributed by atoms with van der Waals surface area (Å²) in [7, 11) is 3.20. The van der Waals surface area contributed by atoms with Crippen LogP contribution in [0, 0.1) is 0 Å². The fraction of sp³-hybridized carbons (Fsp3) is 0.500. The van der Waals surface area contributed by atoms with Crippen LogP contribution in [-0.4, -0.2) is 40.8 Å². The van der Waals surface area contributed by atoms with Crippen molar-refractivity contribution in [1.82, 2.24) is 4.90 Å². The van der Waals surface area contributed by atoms with E-state index in [2.05, 4.69) is 6.92 Å². The lowest BCUT2D eigenvalue weighted by Crippen LogP contribution is -2.45. The van der Waals surface area contributed by atoms with Crippen LogP contribution in [0.4, 0.5) is 0 Å². The van der Waals surface area contributed by atoms with Gasteiger partial charge in [0.1, 0.15) is 15.8 Å². The van der Waals surface area contributed by atoms with E-state index in [-0.39, 0.29) is 0 Å². The van der Waals surface area contributed by atoms with Crippen LogP contribution in [-0.2, 0) is 5.72 Å². The molecule has 1 aliphatic rings. The second kappa shape index (κ2) is 6.20. The Balaban J connectivity index is 2.49. The van der Waals surface area contributed by atoms with Crippen LogP contribution < -0.4 is 9.47 Å². The standard InChI is InChI=1S/C14H19NO3S2/c1-4-7-15-13(19)20-9-14(15,16)11-8-10(17-2)5-6-12(11)18-3/h5-6,8,16H,4,7,9H2,1-3H3. The molecule has 1 N–H and O–H groups in total. The Hall–Kier alpha value is -0.980. The Morgan fingerprint density at radius 2 is 2.15 bits per heavy atom. The molecule has 1 unspecified atom stereocenters. The van der Waals surface area contributed by atoms with E-state index in [9.17, 15) is 5.11 Å². The number of benzene rings is 1. The van der Waals surface area contributed by atoms with Crippen molar-refractivity contribution in [3.8, 4) is 11.5 Å². The van der Waals surface area contributed by atoms with Gasteiger partial charge in [-0.25, -0.2) is 0 Å². The van der Waals surface area contributed by atoms with Gasteiger partial charge in [0.15, 0.2) is 5.72 Å². The zero-order valence-corrected chi connectivity index (χ0v) is 13.5. The first kappa shape index (κ1) is 15.4. The quantitative estimate of drug-likeness (QED) is 0.843. The largest absolute Gasteiger partial charge is 0.497 e. The maximum Gasteiger partial charge on any atom is 0.178 e. The molecule has 2 rings (SSSR count). The lowest BCUT2D eigenvalue weighted by molar-refractivity contribution is -0.0481. The SMILES string of the molecule is CCCN1C(=S)SCC1(O)c1cc(OC)ccc1OC. The number of hydrogen-bond donors (Lipinski definition) is 1. The Labute approximate surface area is 129 Å². The minimum atomic E-state index is -1.14. The second-order valence-electron chi connectivity index (χ2n) is 4.59. The zero-order chi connectivity index (χ0) is 14.8. The van der Waals surface area contributed by atoms with Crippen molar-refractivity contribution < 1.29 is 14.6 Å². The molecule has 0 aromatic heterocycles. The number of nitrogens with zero attached hydrogens (tertiary/aromatic N) is 1. The molecule has 20 heavy (non-hydrogen) atoms. The van der Waals surface area contributed by atoms with Crippen LogP contribution in [0.15, 0.2) is 18.2 Å². The van der Waals surface area contributed by atoms with Crippen molar-refractivity contribution >= 4 is 28.3 Å². The van der Waals surface area contributed by atoms with Gasteiger partial charge < -0.3 is 19.5 Å². The first-order chi connectivity index (χ1) is 9.56. The Kier molecular flexibility index (Phi) is 4.78. The highest BCUT2D eigenvalue weighted by Gasteiger charge is 2.45. The predicted octanol–water partition coefficient (Wildman–Crippen LogP) is 2.59. The van der Waals surface area contributed by atoms with Gasteiger partial charge in [0.25, 0.3) is 0 Å². The van der Waals surface area contributed by atoms with Crippen molar-refractivity contribution in [1.29, 1.82) is 0 Å². The molecule has 0 aliphatic carbocycles. The van der Waals surface area contributed by atoms with Crippen molar-refractivity contribution in [2.75, 3.05) is 26.5 Å². The third kappa shape index (κ3) is 2.60. The molecule has 6 heteroatoms. The van der Waals surface area contributed by atoms with E-state index in [1.165, 1.54) is 11.8 Å². The maximum atomic E-state index is 11.1. The van der Waals surface area contributed by atoms with Gasteiger partial charge in [-0.1, -0.05) is 30.9 Å². The highest BCUT2D eigenvalue weighted by molar-refractivity contribution is 8.23.